The first-order chi connectivity index (χ1) is 13.7. The fourth-order valence-electron chi connectivity index (χ4n) is 2.80. The van der Waals surface area contributed by atoms with E-state index in [0.29, 0.717) is 23.5 Å². The first kappa shape index (κ1) is 22.3. The summed E-state index contributed by atoms with van der Waals surface area (Å²) in [5.41, 5.74) is 0.832. The number of halogens is 2. The van der Waals surface area contributed by atoms with E-state index in [1.165, 1.54) is 6.07 Å². The van der Waals surface area contributed by atoms with Crippen molar-refractivity contribution in [2.45, 2.75) is 39.8 Å². The number of hydrogen-bond donors (Lipinski definition) is 2. The Labute approximate surface area is 169 Å². The summed E-state index contributed by atoms with van der Waals surface area (Å²) in [5.74, 6) is -2.25. The second kappa shape index (κ2) is 10.0. The summed E-state index contributed by atoms with van der Waals surface area (Å²) in [7, 11) is 0. The molecule has 0 fully saturated rings. The van der Waals surface area contributed by atoms with Crippen molar-refractivity contribution in [1.29, 1.82) is 0 Å². The van der Waals surface area contributed by atoms with E-state index in [1.807, 2.05) is 20.8 Å². The Hall–Kier alpha value is -2.96. The molecule has 0 aromatic heterocycles. The van der Waals surface area contributed by atoms with Crippen LogP contribution in [0.3, 0.4) is 0 Å². The smallest absolute Gasteiger partial charge is 0.251 e. The Morgan fingerprint density at radius 1 is 0.966 bits per heavy atom. The van der Waals surface area contributed by atoms with Crippen LogP contribution in [0.5, 0.6) is 5.75 Å². The quantitative estimate of drug-likeness (QED) is 0.699. The van der Waals surface area contributed by atoms with E-state index < -0.39 is 29.6 Å². The van der Waals surface area contributed by atoms with Gasteiger partial charge in [-0.15, -0.1) is 0 Å². The van der Waals surface area contributed by atoms with E-state index in [1.54, 1.807) is 31.2 Å². The highest BCUT2D eigenvalue weighted by Crippen LogP contribution is 2.17. The lowest BCUT2D eigenvalue weighted by Gasteiger charge is -2.24. The monoisotopic (exact) mass is 404 g/mol. The predicted octanol–water partition coefficient (Wildman–Crippen LogP) is 4.00. The van der Waals surface area contributed by atoms with E-state index >= 15 is 0 Å². The maximum Gasteiger partial charge on any atom is 0.251 e. The van der Waals surface area contributed by atoms with Crippen LogP contribution in [0.4, 0.5) is 8.78 Å². The van der Waals surface area contributed by atoms with E-state index in [4.69, 9.17) is 4.74 Å². The minimum Gasteiger partial charge on any atom is -0.494 e. The van der Waals surface area contributed by atoms with Gasteiger partial charge in [-0.1, -0.05) is 19.9 Å². The number of carbonyl (C=O) groups is 2. The Morgan fingerprint density at radius 2 is 1.62 bits per heavy atom. The normalized spacial score (nSPS) is 12.9. The molecule has 0 saturated carbocycles. The average molecular weight is 404 g/mol. The number of ether oxygens (including phenoxy) is 1. The SMILES string of the molecule is CCOc1ccc(C(=O)NC(C(=O)NC(C)c2ccc(F)c(F)c2)C(C)C)cc1. The highest BCUT2D eigenvalue weighted by Gasteiger charge is 2.26. The molecular weight excluding hydrogens is 378 g/mol. The van der Waals surface area contributed by atoms with E-state index in [-0.39, 0.29) is 11.8 Å². The summed E-state index contributed by atoms with van der Waals surface area (Å²) in [6.07, 6.45) is 0. The van der Waals surface area contributed by atoms with Gasteiger partial charge in [0.2, 0.25) is 5.91 Å². The fourth-order valence-corrected chi connectivity index (χ4v) is 2.80. The lowest BCUT2D eigenvalue weighted by Crippen LogP contribution is -2.50. The van der Waals surface area contributed by atoms with Gasteiger partial charge in [0.15, 0.2) is 11.6 Å². The zero-order valence-corrected chi connectivity index (χ0v) is 17.0. The molecule has 2 atom stereocenters. The maximum atomic E-state index is 13.4. The summed E-state index contributed by atoms with van der Waals surface area (Å²) in [6, 6.07) is 8.75. The van der Waals surface area contributed by atoms with Crippen LogP contribution in [-0.4, -0.2) is 24.5 Å². The largest absolute Gasteiger partial charge is 0.494 e. The van der Waals surface area contributed by atoms with E-state index in [2.05, 4.69) is 10.6 Å². The molecule has 0 aliphatic carbocycles. The third kappa shape index (κ3) is 6.01. The Kier molecular flexibility index (Phi) is 7.70. The predicted molar refractivity (Wildman–Crippen MR) is 107 cm³/mol. The van der Waals surface area contributed by atoms with Crippen molar-refractivity contribution in [3.63, 3.8) is 0 Å². The number of amides is 2. The van der Waals surface area contributed by atoms with Crippen molar-refractivity contribution in [3.05, 3.63) is 65.2 Å². The lowest BCUT2D eigenvalue weighted by molar-refractivity contribution is -0.124. The number of hydrogen-bond acceptors (Lipinski definition) is 3. The Balaban J connectivity index is 2.06. The lowest BCUT2D eigenvalue weighted by atomic mass is 10.0. The number of carbonyl (C=O) groups excluding carboxylic acids is 2. The van der Waals surface area contributed by atoms with Crippen LogP contribution in [0.25, 0.3) is 0 Å². The van der Waals surface area contributed by atoms with Gasteiger partial charge < -0.3 is 15.4 Å². The molecule has 0 radical (unpaired) electrons. The van der Waals surface area contributed by atoms with Crippen LogP contribution in [0, 0.1) is 17.6 Å². The van der Waals surface area contributed by atoms with Crippen molar-refractivity contribution >= 4 is 11.8 Å². The summed E-state index contributed by atoms with van der Waals surface area (Å²) in [4.78, 5) is 25.3. The standard InChI is InChI=1S/C22H26F2N2O3/c1-5-29-17-9-6-15(7-10-17)21(27)26-20(13(2)3)22(28)25-14(4)16-8-11-18(23)19(24)12-16/h6-14,20H,5H2,1-4H3,(H,25,28)(H,26,27). The number of benzene rings is 2. The molecule has 0 bridgehead atoms. The van der Waals surface area contributed by atoms with Gasteiger partial charge in [0.05, 0.1) is 12.6 Å². The highest BCUT2D eigenvalue weighted by atomic mass is 19.2. The highest BCUT2D eigenvalue weighted by molar-refractivity contribution is 5.97. The molecule has 0 heterocycles. The van der Waals surface area contributed by atoms with Gasteiger partial charge in [-0.05, 0) is 61.7 Å². The van der Waals surface area contributed by atoms with Crippen molar-refractivity contribution in [3.8, 4) is 5.75 Å². The molecule has 2 unspecified atom stereocenters. The van der Waals surface area contributed by atoms with E-state index in [0.717, 1.165) is 12.1 Å². The third-order valence-electron chi connectivity index (χ3n) is 4.47. The fraction of sp³-hybridized carbons (Fsp3) is 0.364. The molecule has 29 heavy (non-hydrogen) atoms. The molecule has 0 spiro atoms. The molecule has 2 N–H and O–H groups in total. The van der Waals surface area contributed by atoms with Crippen molar-refractivity contribution in [2.75, 3.05) is 6.61 Å². The Morgan fingerprint density at radius 3 is 2.17 bits per heavy atom. The van der Waals surface area contributed by atoms with Crippen LogP contribution in [0.1, 0.15) is 49.7 Å². The van der Waals surface area contributed by atoms with Crippen molar-refractivity contribution in [2.24, 2.45) is 5.92 Å². The number of nitrogens with one attached hydrogen (secondary N) is 2. The van der Waals surface area contributed by atoms with Crippen LogP contribution < -0.4 is 15.4 Å². The zero-order chi connectivity index (χ0) is 21.6. The van der Waals surface area contributed by atoms with Gasteiger partial charge in [0.25, 0.3) is 5.91 Å². The van der Waals surface area contributed by atoms with Crippen LogP contribution in [0.15, 0.2) is 42.5 Å². The van der Waals surface area contributed by atoms with Crippen LogP contribution >= 0.6 is 0 Å². The van der Waals surface area contributed by atoms with Gasteiger partial charge in [-0.3, -0.25) is 9.59 Å². The molecule has 5 nitrogen and oxygen atoms in total. The van der Waals surface area contributed by atoms with Gasteiger partial charge in [-0.2, -0.15) is 0 Å². The van der Waals surface area contributed by atoms with Crippen LogP contribution in [-0.2, 0) is 4.79 Å². The molecule has 7 heteroatoms. The summed E-state index contributed by atoms with van der Waals surface area (Å²) >= 11 is 0. The second-order valence-electron chi connectivity index (χ2n) is 7.06. The molecule has 0 aliphatic rings. The maximum absolute atomic E-state index is 13.4. The molecule has 0 aliphatic heterocycles. The minimum absolute atomic E-state index is 0.182. The van der Waals surface area contributed by atoms with Gasteiger partial charge in [-0.25, -0.2) is 8.78 Å². The average Bonchev–Trinajstić information content (AvgIpc) is 2.68. The van der Waals surface area contributed by atoms with E-state index in [9.17, 15) is 18.4 Å². The molecule has 2 aromatic rings. The van der Waals surface area contributed by atoms with Gasteiger partial charge >= 0.3 is 0 Å². The molecule has 2 aromatic carbocycles. The minimum atomic E-state index is -0.979. The first-order valence-corrected chi connectivity index (χ1v) is 9.52. The van der Waals surface area contributed by atoms with Crippen molar-refractivity contribution in [1.82, 2.24) is 10.6 Å². The molecular formula is C22H26F2N2O3. The molecule has 2 amide bonds. The van der Waals surface area contributed by atoms with Gasteiger partial charge in [0.1, 0.15) is 11.8 Å². The number of rotatable bonds is 8. The molecule has 156 valence electrons. The van der Waals surface area contributed by atoms with Gasteiger partial charge in [0, 0.05) is 5.56 Å². The summed E-state index contributed by atoms with van der Waals surface area (Å²) in [5, 5.41) is 5.48. The molecule has 2 rings (SSSR count). The topological polar surface area (TPSA) is 67.4 Å². The third-order valence-corrected chi connectivity index (χ3v) is 4.47. The second-order valence-corrected chi connectivity index (χ2v) is 7.06. The first-order valence-electron chi connectivity index (χ1n) is 9.52. The summed E-state index contributed by atoms with van der Waals surface area (Å²) in [6.45, 7) is 7.68. The molecule has 0 saturated heterocycles. The van der Waals surface area contributed by atoms with Crippen molar-refractivity contribution < 1.29 is 23.1 Å². The van der Waals surface area contributed by atoms with Crippen LogP contribution in [0.2, 0.25) is 0 Å². The summed E-state index contributed by atoms with van der Waals surface area (Å²) < 4.78 is 31.9. The Bertz CT molecular complexity index is 854. The zero-order valence-electron chi connectivity index (χ0n) is 17.0.